The maximum atomic E-state index is 15.0. The number of rotatable bonds is 5. The second kappa shape index (κ2) is 7.34. The van der Waals surface area contributed by atoms with Crippen LogP contribution in [0, 0.1) is 5.82 Å². The number of nitrogens with zero attached hydrogens (tertiary/aromatic N) is 4. The summed E-state index contributed by atoms with van der Waals surface area (Å²) in [5.41, 5.74) is 0.763. The molecule has 0 bridgehead atoms. The van der Waals surface area contributed by atoms with E-state index >= 15 is 0 Å². The molecule has 0 spiro atoms. The Morgan fingerprint density at radius 1 is 1.14 bits per heavy atom. The maximum Gasteiger partial charge on any atom is 0.266 e. The van der Waals surface area contributed by atoms with Gasteiger partial charge in [0.15, 0.2) is 17.4 Å². The van der Waals surface area contributed by atoms with Crippen LogP contribution in [0.3, 0.4) is 0 Å². The van der Waals surface area contributed by atoms with Gasteiger partial charge in [0.25, 0.3) is 11.5 Å². The van der Waals surface area contributed by atoms with Gasteiger partial charge in [-0.25, -0.2) is 9.07 Å². The van der Waals surface area contributed by atoms with Gasteiger partial charge in [-0.1, -0.05) is 6.07 Å². The van der Waals surface area contributed by atoms with Gasteiger partial charge in [-0.2, -0.15) is 5.10 Å². The molecule has 0 radical (unpaired) electrons. The van der Waals surface area contributed by atoms with Crippen molar-refractivity contribution in [2.24, 2.45) is 7.05 Å². The minimum absolute atomic E-state index is 0.0370. The Labute approximate surface area is 165 Å². The van der Waals surface area contributed by atoms with Crippen LogP contribution >= 0.6 is 0 Å². The van der Waals surface area contributed by atoms with Gasteiger partial charge in [0.05, 0.1) is 31.1 Å². The summed E-state index contributed by atoms with van der Waals surface area (Å²) >= 11 is 0. The molecule has 4 rings (SSSR count). The van der Waals surface area contributed by atoms with Crippen molar-refractivity contribution in [2.75, 3.05) is 12.0 Å². The van der Waals surface area contributed by atoms with Crippen LogP contribution < -0.4 is 19.9 Å². The molecule has 1 aliphatic rings. The Hall–Kier alpha value is -3.75. The summed E-state index contributed by atoms with van der Waals surface area (Å²) in [7, 11) is 3.03. The molecular formula is C20H17FN4O4. The van der Waals surface area contributed by atoms with E-state index in [2.05, 4.69) is 10.1 Å². The third kappa shape index (κ3) is 3.42. The number of carbonyl (C=O) groups is 1. The van der Waals surface area contributed by atoms with Gasteiger partial charge in [-0.15, -0.1) is 0 Å². The fourth-order valence-corrected chi connectivity index (χ4v) is 3.04. The number of halogens is 1. The van der Waals surface area contributed by atoms with Gasteiger partial charge in [0.1, 0.15) is 12.4 Å². The van der Waals surface area contributed by atoms with E-state index in [0.29, 0.717) is 17.0 Å². The first-order valence-corrected chi connectivity index (χ1v) is 8.77. The molecule has 0 saturated heterocycles. The molecule has 8 nitrogen and oxygen atoms in total. The van der Waals surface area contributed by atoms with Gasteiger partial charge in [0, 0.05) is 13.1 Å². The van der Waals surface area contributed by atoms with Crippen molar-refractivity contribution >= 4 is 11.7 Å². The van der Waals surface area contributed by atoms with Crippen molar-refractivity contribution in [1.82, 2.24) is 14.8 Å². The monoisotopic (exact) mass is 396 g/mol. The summed E-state index contributed by atoms with van der Waals surface area (Å²) in [6.45, 7) is 0.205. The van der Waals surface area contributed by atoms with Crippen LogP contribution in [0.4, 0.5) is 10.2 Å². The first-order valence-electron chi connectivity index (χ1n) is 8.77. The summed E-state index contributed by atoms with van der Waals surface area (Å²) in [5.74, 6) is -0.414. The summed E-state index contributed by atoms with van der Waals surface area (Å²) in [5, 5.41) is 4.07. The van der Waals surface area contributed by atoms with Crippen molar-refractivity contribution in [3.8, 4) is 11.5 Å². The Kier molecular flexibility index (Phi) is 4.71. The van der Waals surface area contributed by atoms with Crippen molar-refractivity contribution in [1.29, 1.82) is 0 Å². The molecule has 0 N–H and O–H groups in total. The van der Waals surface area contributed by atoms with E-state index in [1.165, 1.54) is 37.3 Å². The number of anilines is 1. The molecule has 9 heteroatoms. The van der Waals surface area contributed by atoms with Crippen molar-refractivity contribution < 1.29 is 18.7 Å². The largest absolute Gasteiger partial charge is 0.495 e. The number of hydrogen-bond donors (Lipinski definition) is 0. The lowest BCUT2D eigenvalue weighted by Crippen LogP contribution is -2.28. The van der Waals surface area contributed by atoms with E-state index in [4.69, 9.17) is 9.47 Å². The molecule has 1 aliphatic heterocycles. The minimum atomic E-state index is -0.728. The van der Waals surface area contributed by atoms with Crippen LogP contribution in [0.25, 0.3) is 0 Å². The van der Waals surface area contributed by atoms with Crippen molar-refractivity contribution in [2.45, 2.75) is 13.2 Å². The zero-order valence-electron chi connectivity index (χ0n) is 15.8. The second-order valence-electron chi connectivity index (χ2n) is 6.43. The number of methoxy groups -OCH3 is 1. The summed E-state index contributed by atoms with van der Waals surface area (Å²) in [4.78, 5) is 29.8. The zero-order valence-corrected chi connectivity index (χ0v) is 15.8. The molecule has 0 saturated carbocycles. The molecule has 0 atom stereocenters. The SMILES string of the molecule is COc1ccc(COc2ccc3c(c2F)C(=O)N(c2ccc(=O)n(C)n2)C3)nc1. The molecule has 29 heavy (non-hydrogen) atoms. The zero-order chi connectivity index (χ0) is 20.5. The lowest BCUT2D eigenvalue weighted by molar-refractivity contribution is 0.0991. The van der Waals surface area contributed by atoms with Gasteiger partial charge < -0.3 is 9.47 Å². The number of aryl methyl sites for hydroxylation is 1. The predicted molar refractivity (Wildman–Crippen MR) is 102 cm³/mol. The molecule has 148 valence electrons. The van der Waals surface area contributed by atoms with E-state index in [-0.39, 0.29) is 35.8 Å². The first kappa shape index (κ1) is 18.6. The van der Waals surface area contributed by atoms with E-state index in [1.54, 1.807) is 24.4 Å². The van der Waals surface area contributed by atoms with Gasteiger partial charge >= 0.3 is 0 Å². The average molecular weight is 396 g/mol. The lowest BCUT2D eigenvalue weighted by atomic mass is 10.1. The van der Waals surface area contributed by atoms with Gasteiger partial charge in [-0.3, -0.25) is 19.5 Å². The van der Waals surface area contributed by atoms with E-state index in [0.717, 1.165) is 4.68 Å². The normalized spacial score (nSPS) is 12.8. The van der Waals surface area contributed by atoms with Crippen LogP contribution in [0.1, 0.15) is 21.6 Å². The second-order valence-corrected chi connectivity index (χ2v) is 6.43. The highest BCUT2D eigenvalue weighted by atomic mass is 19.1. The fraction of sp³-hybridized carbons (Fsp3) is 0.200. The van der Waals surface area contributed by atoms with Crippen LogP contribution in [0.2, 0.25) is 0 Å². The quantitative estimate of drug-likeness (QED) is 0.656. The number of carbonyl (C=O) groups excluding carboxylic acids is 1. The smallest absolute Gasteiger partial charge is 0.266 e. The van der Waals surface area contributed by atoms with Crippen LogP contribution in [0.15, 0.2) is 47.4 Å². The molecule has 2 aromatic heterocycles. The highest BCUT2D eigenvalue weighted by molar-refractivity contribution is 6.09. The topological polar surface area (TPSA) is 86.5 Å². The Balaban J connectivity index is 1.56. The first-order chi connectivity index (χ1) is 14.0. The van der Waals surface area contributed by atoms with Gasteiger partial charge in [-0.05, 0) is 29.8 Å². The molecule has 0 fully saturated rings. The molecule has 3 aromatic rings. The molecule has 1 aromatic carbocycles. The standard InChI is InChI=1S/C20H17FN4O4/c1-24-17(26)8-7-16(23-24)25-10-12-3-6-15(19(21)18(12)20(25)27)29-11-13-4-5-14(28-2)9-22-13/h3-9H,10-11H2,1-2H3. The summed E-state index contributed by atoms with van der Waals surface area (Å²) < 4.78 is 26.7. The third-order valence-corrected chi connectivity index (χ3v) is 4.61. The Bertz CT molecular complexity index is 1140. The predicted octanol–water partition coefficient (Wildman–Crippen LogP) is 2.06. The number of amides is 1. The third-order valence-electron chi connectivity index (χ3n) is 4.61. The highest BCUT2D eigenvalue weighted by Gasteiger charge is 2.34. The highest BCUT2D eigenvalue weighted by Crippen LogP contribution is 2.33. The lowest BCUT2D eigenvalue weighted by Gasteiger charge is -2.14. The number of aromatic nitrogens is 3. The van der Waals surface area contributed by atoms with Crippen LogP contribution in [0.5, 0.6) is 11.5 Å². The number of hydrogen-bond acceptors (Lipinski definition) is 6. The number of ether oxygens (including phenoxy) is 2. The van der Waals surface area contributed by atoms with E-state index in [1.807, 2.05) is 0 Å². The van der Waals surface area contributed by atoms with Crippen LogP contribution in [-0.2, 0) is 20.2 Å². The molecule has 0 aliphatic carbocycles. The summed E-state index contributed by atoms with van der Waals surface area (Å²) in [6, 6.07) is 9.33. The average Bonchev–Trinajstić information content (AvgIpc) is 3.07. The number of pyridine rings is 1. The van der Waals surface area contributed by atoms with E-state index < -0.39 is 11.7 Å². The van der Waals surface area contributed by atoms with Crippen molar-refractivity contribution in [3.05, 3.63) is 75.6 Å². The fourth-order valence-electron chi connectivity index (χ4n) is 3.04. The molecule has 1 amide bonds. The van der Waals surface area contributed by atoms with Gasteiger partial charge in [0.2, 0.25) is 0 Å². The maximum absolute atomic E-state index is 15.0. The summed E-state index contributed by atoms with van der Waals surface area (Å²) in [6.07, 6.45) is 1.54. The molecule has 3 heterocycles. The molecular weight excluding hydrogens is 379 g/mol. The number of fused-ring (bicyclic) bond motifs is 1. The van der Waals surface area contributed by atoms with Crippen molar-refractivity contribution in [3.63, 3.8) is 0 Å². The van der Waals surface area contributed by atoms with E-state index in [9.17, 15) is 14.0 Å². The number of benzene rings is 1. The van der Waals surface area contributed by atoms with Crippen LogP contribution in [-0.4, -0.2) is 27.8 Å². The molecule has 0 unspecified atom stereocenters. The minimum Gasteiger partial charge on any atom is -0.495 e. The Morgan fingerprint density at radius 3 is 2.66 bits per heavy atom. The Morgan fingerprint density at radius 2 is 1.97 bits per heavy atom.